The summed E-state index contributed by atoms with van der Waals surface area (Å²) in [6, 6.07) is 6.34. The summed E-state index contributed by atoms with van der Waals surface area (Å²) in [5.74, 6) is 1.77. The van der Waals surface area contributed by atoms with Crippen LogP contribution in [0.15, 0.2) is 48.6 Å². The molecule has 2 N–H and O–H groups in total. The Morgan fingerprint density at radius 2 is 1.44 bits per heavy atom. The average molecular weight is 601 g/mol. The highest BCUT2D eigenvalue weighted by atomic mass is 19.4. The zero-order chi connectivity index (χ0) is 33.5. The number of hydrogen-bond donors (Lipinski definition) is 2. The maximum Gasteiger partial charge on any atom is 0.411 e. The molecule has 1 aromatic carbocycles. The number of amides is 1. The molecule has 1 aromatic rings. The fourth-order valence-electron chi connectivity index (χ4n) is 2.18. The summed E-state index contributed by atoms with van der Waals surface area (Å²) in [6.45, 7) is 20.0. The van der Waals surface area contributed by atoms with Crippen LogP contribution in [0.5, 0.6) is 0 Å². The fraction of sp³-hybridized carbons (Fsp3) is 0.581. The van der Waals surface area contributed by atoms with Crippen LogP contribution in [0.25, 0.3) is 0 Å². The number of nitrogens with one attached hydrogen (secondary N) is 2. The fourth-order valence-corrected chi connectivity index (χ4v) is 2.18. The molecule has 240 valence electrons. The van der Waals surface area contributed by atoms with Gasteiger partial charge in [-0.25, -0.2) is 4.39 Å². The highest BCUT2D eigenvalue weighted by Crippen LogP contribution is 2.22. The van der Waals surface area contributed by atoms with Crippen LogP contribution < -0.4 is 10.6 Å². The Labute approximate surface area is 244 Å². The number of alkyl halides is 6. The molecule has 0 fully saturated rings. The van der Waals surface area contributed by atoms with Crippen LogP contribution >= 0.6 is 0 Å². The monoisotopic (exact) mass is 600 g/mol. The Kier molecular flexibility index (Phi) is 37.1. The number of terminal acetylenes is 1. The number of carbonyl (C=O) groups excluding carboxylic acids is 1. The summed E-state index contributed by atoms with van der Waals surface area (Å²) in [6.07, 6.45) is -0.758. The van der Waals surface area contributed by atoms with Crippen molar-refractivity contribution in [2.45, 2.75) is 113 Å². The van der Waals surface area contributed by atoms with Gasteiger partial charge >= 0.3 is 12.4 Å². The van der Waals surface area contributed by atoms with E-state index < -0.39 is 24.3 Å². The van der Waals surface area contributed by atoms with Crippen molar-refractivity contribution in [3.63, 3.8) is 0 Å². The Morgan fingerprint density at radius 1 is 1.00 bits per heavy atom. The number of rotatable bonds is 10. The van der Waals surface area contributed by atoms with Gasteiger partial charge in [-0.1, -0.05) is 79.3 Å². The van der Waals surface area contributed by atoms with Gasteiger partial charge in [0.2, 0.25) is 5.91 Å². The molecule has 0 unspecified atom stereocenters. The van der Waals surface area contributed by atoms with Gasteiger partial charge in [0, 0.05) is 31.1 Å². The molecule has 0 aliphatic carbocycles. The molecular formula is C31H51F7N2O. The summed E-state index contributed by atoms with van der Waals surface area (Å²) < 4.78 is 81.9. The number of carbonyl (C=O) groups is 1. The average Bonchev–Trinajstić information content (AvgIpc) is 2.92. The van der Waals surface area contributed by atoms with Gasteiger partial charge in [0.1, 0.15) is 5.82 Å². The van der Waals surface area contributed by atoms with Crippen molar-refractivity contribution >= 4 is 5.91 Å². The van der Waals surface area contributed by atoms with Crippen LogP contribution in [-0.4, -0.2) is 30.8 Å². The largest absolute Gasteiger partial charge is 0.411 e. The topological polar surface area (TPSA) is 41.1 Å². The molecule has 10 heteroatoms. The summed E-state index contributed by atoms with van der Waals surface area (Å²) in [5, 5.41) is 5.88. The van der Waals surface area contributed by atoms with Gasteiger partial charge in [0.05, 0.1) is 6.42 Å². The number of allylic oxidation sites excluding steroid dienone is 2. The summed E-state index contributed by atoms with van der Waals surface area (Å²) in [7, 11) is 0. The highest BCUT2D eigenvalue weighted by molar-refractivity contribution is 5.76. The number of hydrogen-bond acceptors (Lipinski definition) is 2. The van der Waals surface area contributed by atoms with Crippen molar-refractivity contribution in [3.05, 3.63) is 60.0 Å². The van der Waals surface area contributed by atoms with Gasteiger partial charge in [-0.2, -0.15) is 26.3 Å². The second kappa shape index (κ2) is 31.7. The Hall–Kier alpha value is -2.80. The lowest BCUT2D eigenvalue weighted by Crippen LogP contribution is -2.31. The second-order valence-electron chi connectivity index (χ2n) is 7.31. The standard InChI is InChI=1S/C18H24F4N2O.C4H5F3.C3H4.3C2H6/c1-2-16(24-13-14-5-7-15(19)8-6-14)9-10-17(25)23-12-4-3-11-18(20,21)22;1-3(2)4(5,6)7;1-3-2;3*1-2/h3-8,16,24H,2,9-13H2,1H3,(H,23,25);1H2,2H3;1H,2H3;3*1-2H3/b4-3+;;;;;/t16-;;;;;/m0...../s1. The lowest BCUT2D eigenvalue weighted by Gasteiger charge is -2.16. The molecule has 0 heterocycles. The minimum Gasteiger partial charge on any atom is -0.353 e. The van der Waals surface area contributed by atoms with Crippen molar-refractivity contribution in [2.24, 2.45) is 0 Å². The molecule has 0 bridgehead atoms. The molecule has 41 heavy (non-hydrogen) atoms. The maximum absolute atomic E-state index is 12.8. The van der Waals surface area contributed by atoms with Gasteiger partial charge in [0.25, 0.3) is 0 Å². The van der Waals surface area contributed by atoms with E-state index in [2.05, 4.69) is 29.6 Å². The van der Waals surface area contributed by atoms with Crippen LogP contribution in [0.1, 0.15) is 93.6 Å². The predicted molar refractivity (Wildman–Crippen MR) is 159 cm³/mol. The van der Waals surface area contributed by atoms with E-state index in [4.69, 9.17) is 0 Å². The molecule has 0 saturated carbocycles. The Bertz CT molecular complexity index is 795. The van der Waals surface area contributed by atoms with E-state index in [1.807, 2.05) is 48.5 Å². The predicted octanol–water partition coefficient (Wildman–Crippen LogP) is 9.94. The summed E-state index contributed by atoms with van der Waals surface area (Å²) in [4.78, 5) is 11.7. The Balaban J connectivity index is -0.000000224. The van der Waals surface area contributed by atoms with Gasteiger partial charge in [0.15, 0.2) is 0 Å². The van der Waals surface area contributed by atoms with E-state index >= 15 is 0 Å². The summed E-state index contributed by atoms with van der Waals surface area (Å²) >= 11 is 0. The van der Waals surface area contributed by atoms with E-state index in [-0.39, 0.29) is 24.3 Å². The third-order valence-electron chi connectivity index (χ3n) is 4.14. The highest BCUT2D eigenvalue weighted by Gasteiger charge is 2.27. The van der Waals surface area contributed by atoms with E-state index in [0.29, 0.717) is 19.4 Å². The SMILES string of the molecule is C#CC.C=C(C)C(F)(F)F.CC.CC.CC.CC[C@@H](CCC(=O)NC/C=C/CC(F)(F)F)NCc1ccc(F)cc1. The molecule has 0 aromatic heterocycles. The van der Waals surface area contributed by atoms with Crippen LogP contribution in [0.3, 0.4) is 0 Å². The molecule has 0 radical (unpaired) electrons. The van der Waals surface area contributed by atoms with E-state index in [1.165, 1.54) is 18.2 Å². The molecule has 0 spiro atoms. The second-order valence-corrected chi connectivity index (χ2v) is 7.31. The van der Waals surface area contributed by atoms with Crippen LogP contribution in [0.2, 0.25) is 0 Å². The minimum atomic E-state index is -4.22. The van der Waals surface area contributed by atoms with Gasteiger partial charge < -0.3 is 10.6 Å². The van der Waals surface area contributed by atoms with Crippen molar-refractivity contribution in [1.29, 1.82) is 0 Å². The molecule has 0 aliphatic rings. The van der Waals surface area contributed by atoms with Gasteiger partial charge in [-0.3, -0.25) is 4.79 Å². The lowest BCUT2D eigenvalue weighted by atomic mass is 10.1. The van der Waals surface area contributed by atoms with Crippen molar-refractivity contribution in [3.8, 4) is 12.3 Å². The normalized spacial score (nSPS) is 10.6. The third-order valence-corrected chi connectivity index (χ3v) is 4.14. The first-order chi connectivity index (χ1) is 19.2. The molecule has 1 rings (SSSR count). The van der Waals surface area contributed by atoms with Crippen LogP contribution in [0.4, 0.5) is 30.7 Å². The zero-order valence-electron chi connectivity index (χ0n) is 26.1. The third kappa shape index (κ3) is 39.4. The van der Waals surface area contributed by atoms with E-state index in [9.17, 15) is 35.5 Å². The first-order valence-electron chi connectivity index (χ1n) is 13.7. The van der Waals surface area contributed by atoms with E-state index in [0.717, 1.165) is 25.0 Å². The molecular weight excluding hydrogens is 549 g/mol. The lowest BCUT2D eigenvalue weighted by molar-refractivity contribution is -0.125. The van der Waals surface area contributed by atoms with E-state index in [1.54, 1.807) is 19.1 Å². The van der Waals surface area contributed by atoms with Crippen molar-refractivity contribution in [2.75, 3.05) is 6.54 Å². The molecule has 0 saturated heterocycles. The van der Waals surface area contributed by atoms with Crippen molar-refractivity contribution in [1.82, 2.24) is 10.6 Å². The molecule has 3 nitrogen and oxygen atoms in total. The van der Waals surface area contributed by atoms with Gasteiger partial charge in [-0.05, 0) is 44.4 Å². The zero-order valence-corrected chi connectivity index (χ0v) is 26.1. The maximum atomic E-state index is 12.8. The number of halogens is 7. The molecule has 1 atom stereocenters. The smallest absolute Gasteiger partial charge is 0.353 e. The first kappa shape index (κ1) is 48.0. The first-order valence-corrected chi connectivity index (χ1v) is 13.7. The quantitative estimate of drug-likeness (QED) is 0.159. The van der Waals surface area contributed by atoms with Crippen LogP contribution in [-0.2, 0) is 11.3 Å². The van der Waals surface area contributed by atoms with Crippen LogP contribution in [0, 0.1) is 18.2 Å². The molecule has 0 aliphatic heterocycles. The van der Waals surface area contributed by atoms with Gasteiger partial charge in [-0.15, -0.1) is 12.3 Å². The number of benzene rings is 1. The Morgan fingerprint density at radius 3 is 1.80 bits per heavy atom. The minimum absolute atomic E-state index is 0.0920. The summed E-state index contributed by atoms with van der Waals surface area (Å²) in [5.41, 5.74) is 0.201. The molecule has 1 amide bonds. The van der Waals surface area contributed by atoms with Crippen molar-refractivity contribution < 1.29 is 35.5 Å².